The molecule has 91 heavy (non-hydrogen) atoms. The Hall–Kier alpha value is -7.05. The Bertz CT molecular complexity index is 3350. The minimum Gasteiger partial charge on any atom is -0.506 e. The SMILES string of the molecule is C=CC(=O)NCC(CC)OC(CC(O)CC(O)CC(O)CC1CC(C)OC(CNC(=O)Cc2ccc(O)c(-n3nc4ccccc4n3)c2)O1)CC(O)CC(O)CC1CC(C)OC(CNC(=O)c2cc(C)c(C(=O)P(=O)(c3ccccc3)c3ccccc3)c(C)c2)O1. The molecule has 2 fully saturated rings. The van der Waals surface area contributed by atoms with Gasteiger partial charge in [-0.2, -0.15) is 0 Å². The molecule has 3 amide bonds. The Morgan fingerprint density at radius 1 is 0.659 bits per heavy atom. The molecule has 9 N–H and O–H groups in total. The maximum Gasteiger partial charge on any atom is 0.251 e. The largest absolute Gasteiger partial charge is 0.506 e. The maximum absolute atomic E-state index is 14.9. The molecule has 0 radical (unpaired) electrons. The number of aromatic hydroxyl groups is 1. The topological polar surface area (TPSA) is 320 Å². The molecule has 2 saturated heterocycles. The van der Waals surface area contributed by atoms with Crippen molar-refractivity contribution in [1.82, 2.24) is 30.9 Å². The van der Waals surface area contributed by atoms with Gasteiger partial charge in [0.05, 0.1) is 86.7 Å². The number of carbonyl (C=O) groups is 4. The summed E-state index contributed by atoms with van der Waals surface area (Å²) in [6.45, 7) is 12.6. The molecule has 2 aliphatic heterocycles. The molecule has 490 valence electrons. The second-order valence-corrected chi connectivity index (χ2v) is 26.6. The number of phenolic OH excluding ortho intramolecular Hbond substituents is 1. The van der Waals surface area contributed by atoms with Gasteiger partial charge in [-0.25, -0.2) is 0 Å². The number of aliphatic hydroxyl groups excluding tert-OH is 5. The monoisotopic (exact) mass is 1270 g/mol. The second-order valence-electron chi connectivity index (χ2n) is 24.0. The third-order valence-corrected chi connectivity index (χ3v) is 19.1. The van der Waals surface area contributed by atoms with Gasteiger partial charge in [0.1, 0.15) is 22.5 Å². The summed E-state index contributed by atoms with van der Waals surface area (Å²) >= 11 is 0. The molecule has 1 aromatic heterocycles. The van der Waals surface area contributed by atoms with Crippen LogP contribution in [0, 0.1) is 13.8 Å². The molecule has 0 bridgehead atoms. The fourth-order valence-electron chi connectivity index (χ4n) is 11.9. The van der Waals surface area contributed by atoms with E-state index in [4.69, 9.17) is 23.7 Å². The number of hydrogen-bond donors (Lipinski definition) is 9. The van der Waals surface area contributed by atoms with E-state index in [1.54, 1.807) is 98.8 Å². The summed E-state index contributed by atoms with van der Waals surface area (Å²) in [7, 11) is -3.81. The number of nitrogens with zero attached hydrogens (tertiary/aromatic N) is 3. The Balaban J connectivity index is 0.792. The van der Waals surface area contributed by atoms with Crippen LogP contribution in [0.15, 0.2) is 128 Å². The molecule has 0 saturated carbocycles. The van der Waals surface area contributed by atoms with Crippen LogP contribution in [0.4, 0.5) is 0 Å². The van der Waals surface area contributed by atoms with Crippen molar-refractivity contribution in [3.05, 3.63) is 156 Å². The van der Waals surface area contributed by atoms with Crippen molar-refractivity contribution in [2.45, 2.75) is 185 Å². The normalized spacial score (nSPS) is 20.9. The summed E-state index contributed by atoms with van der Waals surface area (Å²) in [5.74, 6) is -1.22. The van der Waals surface area contributed by atoms with Gasteiger partial charge in [-0.3, -0.25) is 19.2 Å². The number of phenols is 1. The van der Waals surface area contributed by atoms with E-state index in [-0.39, 0.29) is 106 Å². The highest BCUT2D eigenvalue weighted by Gasteiger charge is 2.39. The lowest BCUT2D eigenvalue weighted by Gasteiger charge is -2.35. The predicted molar refractivity (Wildman–Crippen MR) is 342 cm³/mol. The average molecular weight is 1280 g/mol. The molecule has 13 atom stereocenters. The van der Waals surface area contributed by atoms with Gasteiger partial charge in [0.2, 0.25) is 24.5 Å². The van der Waals surface area contributed by atoms with Crippen LogP contribution in [-0.2, 0) is 44.3 Å². The number of hydrogen-bond acceptors (Lipinski definition) is 18. The van der Waals surface area contributed by atoms with Crippen LogP contribution in [0.25, 0.3) is 16.7 Å². The highest BCUT2D eigenvalue weighted by Crippen LogP contribution is 2.48. The molecule has 13 unspecified atom stereocenters. The molecule has 23 heteroatoms. The number of benzene rings is 5. The van der Waals surface area contributed by atoms with Crippen LogP contribution in [-0.4, -0.2) is 168 Å². The maximum atomic E-state index is 14.9. The minimum atomic E-state index is -3.81. The number of ether oxygens (including phenoxy) is 5. The first-order chi connectivity index (χ1) is 43.6. The van der Waals surface area contributed by atoms with Gasteiger partial charge in [0.25, 0.3) is 5.91 Å². The van der Waals surface area contributed by atoms with Crippen molar-refractivity contribution in [2.75, 3.05) is 19.6 Å². The van der Waals surface area contributed by atoms with Crippen LogP contribution in [0.2, 0.25) is 0 Å². The zero-order valence-corrected chi connectivity index (χ0v) is 53.1. The first-order valence-electron chi connectivity index (χ1n) is 31.2. The van der Waals surface area contributed by atoms with Crippen molar-refractivity contribution < 1.29 is 78.1 Å². The molecule has 6 aromatic rings. The standard InChI is InChI=1S/C68H87N6O16P/c1-7-52(38-69-62(81)8-2)88-55(36-49(77)32-47(75)31-48(76)34-53-27-43(5)86-64(89-53)39-70-63(82)30-45-23-24-61(80)60(29-45)74-72-58-21-15-16-22-59(58)73-74)37-51(79)33-50(78)35-54-28-44(6)87-65(90-54)40-71-67(83)46-25-41(3)66(42(4)26-46)68(84)91(85,56-17-11-9-12-18-56)57-19-13-10-14-20-57/h8-26,29,43-44,47-55,64-65,75-80H,2,7,27-28,30-40H2,1,3-6H3,(H,69,81)(H,70,82)(H,71,83). The van der Waals surface area contributed by atoms with Gasteiger partial charge in [0, 0.05) is 28.3 Å². The fourth-order valence-corrected chi connectivity index (χ4v) is 14.6. The Kier molecular flexibility index (Phi) is 25.3. The van der Waals surface area contributed by atoms with Crippen LogP contribution >= 0.6 is 7.14 Å². The van der Waals surface area contributed by atoms with E-state index in [1.165, 1.54) is 10.9 Å². The number of carbonyl (C=O) groups excluding carboxylic acids is 4. The number of aromatic nitrogens is 3. The highest BCUT2D eigenvalue weighted by atomic mass is 31.2. The minimum absolute atomic E-state index is 0.0146. The van der Waals surface area contributed by atoms with Crippen LogP contribution in [0.3, 0.4) is 0 Å². The predicted octanol–water partition coefficient (Wildman–Crippen LogP) is 6.03. The summed E-state index contributed by atoms with van der Waals surface area (Å²) in [5.41, 5.74) is 3.25. The van der Waals surface area contributed by atoms with E-state index >= 15 is 0 Å². The first-order valence-corrected chi connectivity index (χ1v) is 32.9. The van der Waals surface area contributed by atoms with Gasteiger partial charge < -0.3 is 74.8 Å². The van der Waals surface area contributed by atoms with Crippen LogP contribution in [0.5, 0.6) is 5.75 Å². The van der Waals surface area contributed by atoms with E-state index in [0.29, 0.717) is 63.3 Å². The van der Waals surface area contributed by atoms with Gasteiger partial charge in [-0.1, -0.05) is 92.4 Å². The Morgan fingerprint density at radius 2 is 1.15 bits per heavy atom. The molecule has 0 spiro atoms. The lowest BCUT2D eigenvalue weighted by molar-refractivity contribution is -0.240. The molecular formula is C68H87N6O16P. The Morgan fingerprint density at radius 3 is 1.67 bits per heavy atom. The molecule has 8 rings (SSSR count). The highest BCUT2D eigenvalue weighted by molar-refractivity contribution is 7.93. The number of amides is 3. The lowest BCUT2D eigenvalue weighted by Crippen LogP contribution is -2.45. The summed E-state index contributed by atoms with van der Waals surface area (Å²) in [4.78, 5) is 54.6. The summed E-state index contributed by atoms with van der Waals surface area (Å²) in [6, 6.07) is 32.6. The third-order valence-electron chi connectivity index (χ3n) is 16.3. The van der Waals surface area contributed by atoms with E-state index in [0.717, 1.165) is 6.08 Å². The number of nitrogens with one attached hydrogen (secondary N) is 3. The van der Waals surface area contributed by atoms with Gasteiger partial charge in [0.15, 0.2) is 12.6 Å². The number of fused-ring (bicyclic) bond motifs is 1. The van der Waals surface area contributed by atoms with E-state index in [9.17, 15) is 54.4 Å². The molecule has 3 heterocycles. The number of rotatable bonds is 32. The van der Waals surface area contributed by atoms with Gasteiger partial charge >= 0.3 is 0 Å². The van der Waals surface area contributed by atoms with Gasteiger partial charge in [-0.05, 0) is 151 Å². The average Bonchev–Trinajstić information content (AvgIpc) is 1.09. The van der Waals surface area contributed by atoms with Crippen molar-refractivity contribution >= 4 is 52.0 Å². The summed E-state index contributed by atoms with van der Waals surface area (Å²) in [5, 5.41) is 85.3. The fraction of sp³-hybridized carbons (Fsp3) is 0.471. The molecule has 22 nitrogen and oxygen atoms in total. The zero-order valence-electron chi connectivity index (χ0n) is 52.2. The van der Waals surface area contributed by atoms with Crippen LogP contribution in [0.1, 0.15) is 122 Å². The van der Waals surface area contributed by atoms with E-state index in [2.05, 4.69) is 32.7 Å². The number of aryl methyl sites for hydroxylation is 2. The lowest BCUT2D eigenvalue weighted by atomic mass is 9.94. The first kappa shape index (κ1) is 69.8. The van der Waals surface area contributed by atoms with Crippen molar-refractivity contribution in [3.63, 3.8) is 0 Å². The number of aliphatic hydroxyl groups is 5. The summed E-state index contributed by atoms with van der Waals surface area (Å²) < 4.78 is 45.6. The Labute approximate surface area is 530 Å². The summed E-state index contributed by atoms with van der Waals surface area (Å²) in [6.07, 6.45) is -7.76. The van der Waals surface area contributed by atoms with Crippen LogP contribution < -0.4 is 26.6 Å². The smallest absolute Gasteiger partial charge is 0.251 e. The van der Waals surface area contributed by atoms with Crippen molar-refractivity contribution in [2.24, 2.45) is 0 Å². The quantitative estimate of drug-likeness (QED) is 0.0172. The van der Waals surface area contributed by atoms with Crippen molar-refractivity contribution in [1.29, 1.82) is 0 Å². The molecule has 2 aliphatic rings. The van der Waals surface area contributed by atoms with Gasteiger partial charge in [-0.15, -0.1) is 15.0 Å². The zero-order chi connectivity index (χ0) is 65.4. The van der Waals surface area contributed by atoms with Crippen molar-refractivity contribution in [3.8, 4) is 11.4 Å². The molecule has 0 aliphatic carbocycles. The van der Waals surface area contributed by atoms with E-state index in [1.807, 2.05) is 45.0 Å². The molecular weight excluding hydrogens is 1190 g/mol. The van der Waals surface area contributed by atoms with E-state index < -0.39 is 92.0 Å². The molecule has 5 aromatic carbocycles. The third kappa shape index (κ3) is 19.7. The second kappa shape index (κ2) is 33.0.